The zero-order chi connectivity index (χ0) is 12.3. The van der Waals surface area contributed by atoms with Crippen LogP contribution in [0.3, 0.4) is 0 Å². The molecule has 0 saturated carbocycles. The summed E-state index contributed by atoms with van der Waals surface area (Å²) in [7, 11) is 0. The van der Waals surface area contributed by atoms with E-state index in [-0.39, 0.29) is 25.4 Å². The minimum atomic E-state index is -1.28. The molecule has 0 bridgehead atoms. The molecule has 2 rings (SSSR count). The van der Waals surface area contributed by atoms with Crippen LogP contribution < -0.4 is 5.32 Å². The average molecular weight is 239 g/mol. The third kappa shape index (κ3) is 2.44. The predicted octanol–water partition coefficient (Wildman–Crippen LogP) is -0.688. The van der Waals surface area contributed by atoms with E-state index in [0.29, 0.717) is 12.3 Å². The van der Waals surface area contributed by atoms with Crippen LogP contribution in [0.1, 0.15) is 12.1 Å². The smallest absolute Gasteiger partial charge is 0.331 e. The molecule has 1 aromatic heterocycles. The molecule has 1 saturated heterocycles. The lowest BCUT2D eigenvalue weighted by Gasteiger charge is -2.23. The van der Waals surface area contributed by atoms with Crippen LogP contribution in [-0.2, 0) is 20.7 Å². The van der Waals surface area contributed by atoms with Crippen molar-refractivity contribution < 1.29 is 19.4 Å². The number of rotatable bonds is 4. The number of amides is 1. The van der Waals surface area contributed by atoms with Gasteiger partial charge in [0.25, 0.3) is 0 Å². The number of carbonyl (C=O) groups excluding carboxylic acids is 1. The van der Waals surface area contributed by atoms with Crippen LogP contribution in [0.25, 0.3) is 0 Å². The monoisotopic (exact) mass is 239 g/mol. The Bertz CT molecular complexity index is 409. The summed E-state index contributed by atoms with van der Waals surface area (Å²) in [4.78, 5) is 22.8. The van der Waals surface area contributed by atoms with Crippen molar-refractivity contribution in [3.63, 3.8) is 0 Å². The maximum Gasteiger partial charge on any atom is 0.331 e. The lowest BCUT2D eigenvalue weighted by atomic mass is 9.99. The molecule has 0 aliphatic carbocycles. The van der Waals surface area contributed by atoms with E-state index >= 15 is 0 Å². The summed E-state index contributed by atoms with van der Waals surface area (Å²) in [5, 5.41) is 18.0. The van der Waals surface area contributed by atoms with Gasteiger partial charge in [-0.3, -0.25) is 9.89 Å². The first-order valence-corrected chi connectivity index (χ1v) is 5.23. The van der Waals surface area contributed by atoms with E-state index in [2.05, 4.69) is 15.5 Å². The van der Waals surface area contributed by atoms with Gasteiger partial charge in [0, 0.05) is 24.9 Å². The molecule has 1 aromatic rings. The Morgan fingerprint density at radius 3 is 3.00 bits per heavy atom. The topological polar surface area (TPSA) is 104 Å². The van der Waals surface area contributed by atoms with Crippen LogP contribution in [0.5, 0.6) is 0 Å². The Morgan fingerprint density at radius 1 is 1.65 bits per heavy atom. The molecule has 0 radical (unpaired) electrons. The molecule has 17 heavy (non-hydrogen) atoms. The maximum atomic E-state index is 11.7. The first-order valence-electron chi connectivity index (χ1n) is 5.23. The molecule has 1 atom stereocenters. The van der Waals surface area contributed by atoms with Crippen molar-refractivity contribution in [3.05, 3.63) is 18.0 Å². The molecule has 0 aromatic carbocycles. The Balaban J connectivity index is 1.99. The Labute approximate surface area is 97.2 Å². The van der Waals surface area contributed by atoms with E-state index in [1.807, 2.05) is 0 Å². The summed E-state index contributed by atoms with van der Waals surface area (Å²) >= 11 is 0. The molecular formula is C10H13N3O4. The zero-order valence-corrected chi connectivity index (χ0v) is 9.10. The number of aromatic nitrogens is 2. The first kappa shape index (κ1) is 11.6. The molecule has 2 heterocycles. The number of carbonyl (C=O) groups is 2. The number of ether oxygens (including phenoxy) is 1. The van der Waals surface area contributed by atoms with E-state index in [1.54, 1.807) is 6.07 Å². The molecule has 7 nitrogen and oxygen atoms in total. The van der Waals surface area contributed by atoms with Crippen molar-refractivity contribution in [2.45, 2.75) is 18.4 Å². The summed E-state index contributed by atoms with van der Waals surface area (Å²) in [6.45, 7) is 0.355. The minimum absolute atomic E-state index is 0.0110. The lowest BCUT2D eigenvalue weighted by Crippen LogP contribution is -2.55. The third-order valence-electron chi connectivity index (χ3n) is 2.72. The quantitative estimate of drug-likeness (QED) is 0.645. The number of nitrogens with one attached hydrogen (secondary N) is 2. The summed E-state index contributed by atoms with van der Waals surface area (Å²) in [6, 6.07) is 1.66. The van der Waals surface area contributed by atoms with Crippen molar-refractivity contribution in [3.8, 4) is 0 Å². The predicted molar refractivity (Wildman–Crippen MR) is 56.2 cm³/mol. The minimum Gasteiger partial charge on any atom is -0.479 e. The standard InChI is InChI=1S/C10H13N3O4/c14-8(5-7-1-3-11-13-7)12-10(9(15)16)2-4-17-6-10/h1,3H,2,4-6H2,(H,11,13)(H,12,14)(H,15,16). The summed E-state index contributed by atoms with van der Waals surface area (Å²) in [6.07, 6.45) is 1.90. The van der Waals surface area contributed by atoms with Gasteiger partial charge in [0.05, 0.1) is 13.0 Å². The van der Waals surface area contributed by atoms with E-state index in [4.69, 9.17) is 9.84 Å². The molecule has 1 amide bonds. The van der Waals surface area contributed by atoms with Crippen LogP contribution >= 0.6 is 0 Å². The van der Waals surface area contributed by atoms with Gasteiger partial charge in [-0.1, -0.05) is 0 Å². The van der Waals surface area contributed by atoms with Crippen LogP contribution in [-0.4, -0.2) is 45.9 Å². The van der Waals surface area contributed by atoms with Gasteiger partial charge in [-0.25, -0.2) is 4.79 Å². The molecule has 7 heteroatoms. The number of aliphatic carboxylic acids is 1. The number of aromatic amines is 1. The van der Waals surface area contributed by atoms with Gasteiger partial charge in [-0.15, -0.1) is 0 Å². The van der Waals surface area contributed by atoms with Crippen LogP contribution in [0, 0.1) is 0 Å². The average Bonchev–Trinajstić information content (AvgIpc) is 2.89. The highest BCUT2D eigenvalue weighted by Gasteiger charge is 2.43. The van der Waals surface area contributed by atoms with E-state index < -0.39 is 11.5 Å². The van der Waals surface area contributed by atoms with Crippen molar-refractivity contribution in [1.82, 2.24) is 15.5 Å². The number of nitrogens with zero attached hydrogens (tertiary/aromatic N) is 1. The van der Waals surface area contributed by atoms with E-state index in [1.165, 1.54) is 6.20 Å². The fraction of sp³-hybridized carbons (Fsp3) is 0.500. The van der Waals surface area contributed by atoms with E-state index in [9.17, 15) is 9.59 Å². The van der Waals surface area contributed by atoms with Gasteiger partial charge < -0.3 is 15.2 Å². The van der Waals surface area contributed by atoms with Crippen molar-refractivity contribution in [2.24, 2.45) is 0 Å². The van der Waals surface area contributed by atoms with Gasteiger partial charge in [-0.05, 0) is 6.07 Å². The van der Waals surface area contributed by atoms with Crippen molar-refractivity contribution in [1.29, 1.82) is 0 Å². The fourth-order valence-electron chi connectivity index (χ4n) is 1.75. The SMILES string of the molecule is O=C(Cc1ccn[nH]1)NC1(C(=O)O)CCOC1. The van der Waals surface area contributed by atoms with Gasteiger partial charge in [0.15, 0.2) is 5.54 Å². The second-order valence-corrected chi connectivity index (χ2v) is 4.00. The number of hydrogen-bond acceptors (Lipinski definition) is 4. The Kier molecular flexibility index (Phi) is 3.10. The Hall–Kier alpha value is -1.89. The van der Waals surface area contributed by atoms with Gasteiger partial charge in [0.2, 0.25) is 5.91 Å². The zero-order valence-electron chi connectivity index (χ0n) is 9.10. The number of carboxylic acid groups (broad SMARTS) is 1. The summed E-state index contributed by atoms with van der Waals surface area (Å²) < 4.78 is 5.04. The third-order valence-corrected chi connectivity index (χ3v) is 2.72. The Morgan fingerprint density at radius 2 is 2.47 bits per heavy atom. The maximum absolute atomic E-state index is 11.7. The summed E-state index contributed by atoms with van der Waals surface area (Å²) in [5.74, 6) is -1.42. The van der Waals surface area contributed by atoms with Gasteiger partial charge in [-0.2, -0.15) is 5.10 Å². The summed E-state index contributed by atoms with van der Waals surface area (Å²) in [5.41, 5.74) is -0.640. The first-order chi connectivity index (χ1) is 8.12. The van der Waals surface area contributed by atoms with E-state index in [0.717, 1.165) is 0 Å². The number of H-pyrrole nitrogens is 1. The van der Waals surface area contributed by atoms with Crippen LogP contribution in [0.4, 0.5) is 0 Å². The van der Waals surface area contributed by atoms with Crippen LogP contribution in [0.2, 0.25) is 0 Å². The number of hydrogen-bond donors (Lipinski definition) is 3. The largest absolute Gasteiger partial charge is 0.479 e. The lowest BCUT2D eigenvalue weighted by molar-refractivity contribution is -0.147. The molecule has 3 N–H and O–H groups in total. The highest BCUT2D eigenvalue weighted by atomic mass is 16.5. The highest BCUT2D eigenvalue weighted by molar-refractivity contribution is 5.88. The van der Waals surface area contributed by atoms with Crippen LogP contribution in [0.15, 0.2) is 12.3 Å². The molecular weight excluding hydrogens is 226 g/mol. The normalized spacial score (nSPS) is 23.5. The fourth-order valence-corrected chi connectivity index (χ4v) is 1.75. The molecule has 92 valence electrons. The molecule has 1 unspecified atom stereocenters. The van der Waals surface area contributed by atoms with Crippen molar-refractivity contribution in [2.75, 3.05) is 13.2 Å². The highest BCUT2D eigenvalue weighted by Crippen LogP contribution is 2.19. The van der Waals surface area contributed by atoms with Gasteiger partial charge in [0.1, 0.15) is 0 Å². The second-order valence-electron chi connectivity index (χ2n) is 4.00. The molecule has 1 aliphatic heterocycles. The molecule has 1 fully saturated rings. The number of carboxylic acids is 1. The molecule has 0 spiro atoms. The van der Waals surface area contributed by atoms with Crippen molar-refractivity contribution >= 4 is 11.9 Å². The second kappa shape index (κ2) is 4.54. The molecule has 1 aliphatic rings. The van der Waals surface area contributed by atoms with Gasteiger partial charge >= 0.3 is 5.97 Å².